The third-order valence-corrected chi connectivity index (χ3v) is 5.40. The topological polar surface area (TPSA) is 83.8 Å². The van der Waals surface area contributed by atoms with Crippen LogP contribution in [0.15, 0.2) is 24.4 Å². The predicted molar refractivity (Wildman–Crippen MR) is 111 cm³/mol. The molecule has 1 aliphatic rings. The minimum atomic E-state index is -2.98. The highest BCUT2D eigenvalue weighted by atomic mass is 35.5. The van der Waals surface area contributed by atoms with E-state index < -0.39 is 12.5 Å². The van der Waals surface area contributed by atoms with Crippen LogP contribution in [0, 0.1) is 0 Å². The van der Waals surface area contributed by atoms with Crippen molar-refractivity contribution in [3.63, 3.8) is 0 Å². The maximum Gasteiger partial charge on any atom is 0.278 e. The Hall–Kier alpha value is -2.65. The number of aliphatic hydroxyl groups is 1. The molecule has 1 aliphatic heterocycles. The first-order valence-electron chi connectivity index (χ1n) is 9.71. The van der Waals surface area contributed by atoms with Crippen LogP contribution in [-0.2, 0) is 13.6 Å². The Bertz CT molecular complexity index is 1000. The molecule has 3 rings (SSSR count). The average molecular weight is 456 g/mol. The molecule has 0 spiro atoms. The third kappa shape index (κ3) is 4.83. The minimum absolute atomic E-state index is 0.115. The summed E-state index contributed by atoms with van der Waals surface area (Å²) in [7, 11) is 1.69. The van der Waals surface area contributed by atoms with Gasteiger partial charge in [0, 0.05) is 38.8 Å². The smallest absolute Gasteiger partial charge is 0.278 e. The summed E-state index contributed by atoms with van der Waals surface area (Å²) in [6.07, 6.45) is 1.62. The lowest BCUT2D eigenvalue weighted by molar-refractivity contribution is -0.0229. The number of nitrogens with zero attached hydrogens (tertiary/aromatic N) is 2. The maximum atomic E-state index is 13.0. The number of aryl methyl sites for hydroxylation is 1. The summed E-state index contributed by atoms with van der Waals surface area (Å²) in [5.41, 5.74) is 2.13. The van der Waals surface area contributed by atoms with E-state index in [0.717, 1.165) is 6.92 Å². The summed E-state index contributed by atoms with van der Waals surface area (Å²) < 4.78 is 32.7. The number of fused-ring (bicyclic) bond motifs is 1. The minimum Gasteiger partial charge on any atom is -0.486 e. The number of aromatic nitrogens is 1. The van der Waals surface area contributed by atoms with Gasteiger partial charge in [-0.2, -0.15) is 0 Å². The standard InChI is InChI=1S/C21H24ClF2N3O4/c1-12(13-4-5-17(16(22)8-13)31-11-21(2,23)24)27-10-14-15(20(27)30)9-26(3)18(14)19(29)25-6-7-28/h4-5,8-9,12,28H,6-7,10-11H2,1-3H3,(H,25,29). The second kappa shape index (κ2) is 8.84. The highest BCUT2D eigenvalue weighted by Gasteiger charge is 2.37. The van der Waals surface area contributed by atoms with Gasteiger partial charge in [0.1, 0.15) is 11.4 Å². The van der Waals surface area contributed by atoms with E-state index in [1.54, 1.807) is 34.8 Å². The third-order valence-electron chi connectivity index (χ3n) is 5.11. The summed E-state index contributed by atoms with van der Waals surface area (Å²) in [5, 5.41) is 11.7. The first kappa shape index (κ1) is 23.0. The van der Waals surface area contributed by atoms with E-state index in [9.17, 15) is 18.4 Å². The van der Waals surface area contributed by atoms with E-state index in [0.29, 0.717) is 22.4 Å². The zero-order valence-electron chi connectivity index (χ0n) is 17.4. The first-order valence-corrected chi connectivity index (χ1v) is 10.1. The number of alkyl halides is 2. The number of hydrogen-bond donors (Lipinski definition) is 2. The fourth-order valence-corrected chi connectivity index (χ4v) is 3.80. The van der Waals surface area contributed by atoms with Crippen LogP contribution < -0.4 is 10.1 Å². The van der Waals surface area contributed by atoms with E-state index in [2.05, 4.69) is 5.32 Å². The second-order valence-electron chi connectivity index (χ2n) is 7.62. The molecule has 2 amide bonds. The van der Waals surface area contributed by atoms with Gasteiger partial charge < -0.3 is 24.6 Å². The number of halogens is 3. The molecule has 1 unspecified atom stereocenters. The zero-order valence-corrected chi connectivity index (χ0v) is 18.2. The Morgan fingerprint density at radius 2 is 2.13 bits per heavy atom. The molecule has 2 N–H and O–H groups in total. The Kier molecular flexibility index (Phi) is 6.56. The van der Waals surface area contributed by atoms with Crippen LogP contribution in [-0.4, -0.2) is 52.1 Å². The fraction of sp³-hybridized carbons (Fsp3) is 0.429. The summed E-state index contributed by atoms with van der Waals surface area (Å²) >= 11 is 6.20. The molecule has 2 aromatic rings. The van der Waals surface area contributed by atoms with Gasteiger partial charge in [-0.05, 0) is 24.6 Å². The molecule has 0 saturated heterocycles. The van der Waals surface area contributed by atoms with Gasteiger partial charge in [0.05, 0.1) is 23.2 Å². The van der Waals surface area contributed by atoms with Gasteiger partial charge in [-0.3, -0.25) is 9.59 Å². The van der Waals surface area contributed by atoms with Crippen molar-refractivity contribution in [3.8, 4) is 5.75 Å². The van der Waals surface area contributed by atoms with Gasteiger partial charge >= 0.3 is 0 Å². The van der Waals surface area contributed by atoms with Crippen molar-refractivity contribution in [1.29, 1.82) is 0 Å². The van der Waals surface area contributed by atoms with E-state index in [4.69, 9.17) is 21.4 Å². The number of carbonyl (C=O) groups is 2. The molecule has 1 atom stereocenters. The monoisotopic (exact) mass is 455 g/mol. The quantitative estimate of drug-likeness (QED) is 0.640. The molecular formula is C21H24ClF2N3O4. The van der Waals surface area contributed by atoms with Gasteiger partial charge in [0.2, 0.25) is 0 Å². The molecule has 0 aliphatic carbocycles. The van der Waals surface area contributed by atoms with Crippen LogP contribution in [0.25, 0.3) is 0 Å². The van der Waals surface area contributed by atoms with Crippen molar-refractivity contribution in [3.05, 3.63) is 51.8 Å². The average Bonchev–Trinajstić information content (AvgIpc) is 3.18. The molecular weight excluding hydrogens is 432 g/mol. The highest BCUT2D eigenvalue weighted by Crippen LogP contribution is 2.36. The van der Waals surface area contributed by atoms with Crippen molar-refractivity contribution in [1.82, 2.24) is 14.8 Å². The lowest BCUT2D eigenvalue weighted by Crippen LogP contribution is -2.30. The number of amides is 2. The van der Waals surface area contributed by atoms with Crippen molar-refractivity contribution in [2.75, 3.05) is 19.8 Å². The van der Waals surface area contributed by atoms with Gasteiger partial charge in [-0.15, -0.1) is 0 Å². The van der Waals surface area contributed by atoms with Gasteiger partial charge in [-0.1, -0.05) is 17.7 Å². The van der Waals surface area contributed by atoms with Crippen LogP contribution >= 0.6 is 11.6 Å². The van der Waals surface area contributed by atoms with Crippen LogP contribution in [0.1, 0.15) is 51.9 Å². The summed E-state index contributed by atoms with van der Waals surface area (Å²) in [6, 6.07) is 4.38. The van der Waals surface area contributed by atoms with Gasteiger partial charge in [0.15, 0.2) is 6.61 Å². The molecule has 1 aromatic heterocycles. The Morgan fingerprint density at radius 1 is 1.42 bits per heavy atom. The van der Waals surface area contributed by atoms with Crippen LogP contribution in [0.5, 0.6) is 5.75 Å². The van der Waals surface area contributed by atoms with Crippen molar-refractivity contribution in [2.24, 2.45) is 7.05 Å². The Balaban J connectivity index is 1.79. The molecule has 0 bridgehead atoms. The van der Waals surface area contributed by atoms with Crippen LogP contribution in [0.2, 0.25) is 5.02 Å². The molecule has 0 fully saturated rings. The largest absolute Gasteiger partial charge is 0.486 e. The predicted octanol–water partition coefficient (Wildman–Crippen LogP) is 3.15. The summed E-state index contributed by atoms with van der Waals surface area (Å²) in [4.78, 5) is 27.0. The van der Waals surface area contributed by atoms with Gasteiger partial charge in [-0.25, -0.2) is 8.78 Å². The summed E-state index contributed by atoms with van der Waals surface area (Å²) in [5.74, 6) is -3.43. The molecule has 168 valence electrons. The van der Waals surface area contributed by atoms with Crippen molar-refractivity contribution in [2.45, 2.75) is 32.4 Å². The second-order valence-corrected chi connectivity index (χ2v) is 8.03. The van der Waals surface area contributed by atoms with E-state index in [1.165, 1.54) is 6.07 Å². The SMILES string of the molecule is CC(c1ccc(OCC(C)(F)F)c(Cl)c1)N1Cc2c(cn(C)c2C(=O)NCCO)C1=O. The zero-order chi connectivity index (χ0) is 22.9. The van der Waals surface area contributed by atoms with Gasteiger partial charge in [0.25, 0.3) is 17.7 Å². The first-order chi connectivity index (χ1) is 14.5. The maximum absolute atomic E-state index is 13.0. The lowest BCUT2D eigenvalue weighted by atomic mass is 10.1. The highest BCUT2D eigenvalue weighted by molar-refractivity contribution is 6.32. The molecule has 1 aromatic carbocycles. The fourth-order valence-electron chi connectivity index (χ4n) is 3.56. The number of hydrogen-bond acceptors (Lipinski definition) is 4. The number of carbonyl (C=O) groups excluding carboxylic acids is 2. The number of aliphatic hydroxyl groups excluding tert-OH is 1. The Labute approximate surface area is 183 Å². The summed E-state index contributed by atoms with van der Waals surface area (Å²) in [6.45, 7) is 1.95. The van der Waals surface area contributed by atoms with Crippen LogP contribution in [0.4, 0.5) is 8.78 Å². The van der Waals surface area contributed by atoms with E-state index in [-0.39, 0.29) is 48.3 Å². The molecule has 10 heteroatoms. The van der Waals surface area contributed by atoms with Crippen molar-refractivity contribution < 1.29 is 28.2 Å². The van der Waals surface area contributed by atoms with E-state index >= 15 is 0 Å². The number of benzene rings is 1. The Morgan fingerprint density at radius 3 is 2.74 bits per heavy atom. The van der Waals surface area contributed by atoms with Crippen molar-refractivity contribution >= 4 is 23.4 Å². The van der Waals surface area contributed by atoms with E-state index in [1.807, 2.05) is 6.92 Å². The number of ether oxygens (including phenoxy) is 1. The molecule has 7 nitrogen and oxygen atoms in total. The molecule has 2 heterocycles. The molecule has 0 saturated carbocycles. The normalized spacial score (nSPS) is 14.5. The molecule has 31 heavy (non-hydrogen) atoms. The number of nitrogens with one attached hydrogen (secondary N) is 1. The van der Waals surface area contributed by atoms with Crippen LogP contribution in [0.3, 0.4) is 0 Å². The lowest BCUT2D eigenvalue weighted by Gasteiger charge is -2.26. The number of rotatable bonds is 8. The molecule has 0 radical (unpaired) electrons.